The van der Waals surface area contributed by atoms with E-state index in [1.165, 1.54) is 17.8 Å². The van der Waals surface area contributed by atoms with E-state index < -0.39 is 32.4 Å². The van der Waals surface area contributed by atoms with E-state index in [0.29, 0.717) is 12.1 Å². The normalized spacial score (nSPS) is 11.4. The molecule has 0 aliphatic heterocycles. The summed E-state index contributed by atoms with van der Waals surface area (Å²) in [4.78, 5) is -0.156. The highest BCUT2D eigenvalue weighted by atomic mass is 32.2. The van der Waals surface area contributed by atoms with Crippen LogP contribution in [-0.2, 0) is 10.0 Å². The average Bonchev–Trinajstić information content (AvgIpc) is 2.44. The van der Waals surface area contributed by atoms with Gasteiger partial charge in [0.25, 0.3) is 10.0 Å². The van der Waals surface area contributed by atoms with E-state index in [-0.39, 0.29) is 5.69 Å². The highest BCUT2D eigenvalue weighted by Gasteiger charge is 2.24. The molecule has 0 saturated carbocycles. The lowest BCUT2D eigenvalue weighted by molar-refractivity contribution is 0.432. The molecule has 1 N–H and O–H groups in total. The van der Waals surface area contributed by atoms with E-state index in [0.717, 1.165) is 4.90 Å². The van der Waals surface area contributed by atoms with Gasteiger partial charge in [-0.05, 0) is 36.6 Å². The van der Waals surface area contributed by atoms with Gasteiger partial charge in [0.15, 0.2) is 17.5 Å². The van der Waals surface area contributed by atoms with Crippen LogP contribution >= 0.6 is 11.8 Å². The second-order valence-electron chi connectivity index (χ2n) is 4.01. The number of hydrogen-bond acceptors (Lipinski definition) is 3. The molecule has 0 fully saturated rings. The van der Waals surface area contributed by atoms with Gasteiger partial charge in [0, 0.05) is 10.6 Å². The first-order valence-electron chi connectivity index (χ1n) is 5.65. The van der Waals surface area contributed by atoms with E-state index in [9.17, 15) is 21.6 Å². The van der Waals surface area contributed by atoms with Crippen molar-refractivity contribution < 1.29 is 21.6 Å². The van der Waals surface area contributed by atoms with Crippen LogP contribution in [0.2, 0.25) is 0 Å². The summed E-state index contributed by atoms with van der Waals surface area (Å²) in [5.41, 5.74) is 0.200. The Labute approximate surface area is 124 Å². The van der Waals surface area contributed by atoms with E-state index in [2.05, 4.69) is 4.72 Å². The quantitative estimate of drug-likeness (QED) is 0.686. The van der Waals surface area contributed by atoms with Crippen molar-refractivity contribution in [2.24, 2.45) is 0 Å². The molecule has 0 bridgehead atoms. The van der Waals surface area contributed by atoms with Crippen molar-refractivity contribution in [3.8, 4) is 0 Å². The lowest BCUT2D eigenvalue weighted by Gasteiger charge is -2.10. The minimum absolute atomic E-state index is 0.200. The number of rotatable bonds is 4. The van der Waals surface area contributed by atoms with E-state index in [4.69, 9.17) is 0 Å². The van der Waals surface area contributed by atoms with Gasteiger partial charge in [-0.3, -0.25) is 4.72 Å². The Balaban J connectivity index is 2.41. The zero-order chi connectivity index (χ0) is 15.6. The van der Waals surface area contributed by atoms with Crippen molar-refractivity contribution in [3.05, 3.63) is 53.8 Å². The summed E-state index contributed by atoms with van der Waals surface area (Å²) >= 11 is 1.39. The maximum Gasteiger partial charge on any atom is 0.264 e. The molecule has 0 aliphatic rings. The molecule has 2 rings (SSSR count). The zero-order valence-electron chi connectivity index (χ0n) is 10.7. The minimum Gasteiger partial charge on any atom is -0.280 e. The molecule has 0 saturated heterocycles. The molecular weight excluding hydrogens is 323 g/mol. The third kappa shape index (κ3) is 3.33. The fraction of sp³-hybridized carbons (Fsp3) is 0.0769. The average molecular weight is 333 g/mol. The molecule has 112 valence electrons. The van der Waals surface area contributed by atoms with Crippen LogP contribution in [0, 0.1) is 17.5 Å². The Bertz CT molecular complexity index is 779. The number of thioether (sulfide) groups is 1. The molecule has 0 amide bonds. The molecule has 0 unspecified atom stereocenters. The fourth-order valence-corrected chi connectivity index (χ4v) is 3.19. The number of halogens is 3. The number of benzene rings is 2. The molecular formula is C13H10F3NO2S2. The predicted molar refractivity (Wildman–Crippen MR) is 75.3 cm³/mol. The molecule has 2 aromatic rings. The summed E-state index contributed by atoms with van der Waals surface area (Å²) in [6, 6.07) is 7.63. The van der Waals surface area contributed by atoms with Crippen molar-refractivity contribution in [1.29, 1.82) is 0 Å². The van der Waals surface area contributed by atoms with E-state index in [1.54, 1.807) is 18.2 Å². The molecule has 0 radical (unpaired) electrons. The van der Waals surface area contributed by atoms with Gasteiger partial charge < -0.3 is 0 Å². The summed E-state index contributed by atoms with van der Waals surface area (Å²) in [7, 11) is -4.35. The molecule has 0 spiro atoms. The minimum atomic E-state index is -4.35. The van der Waals surface area contributed by atoms with Crippen LogP contribution in [0.3, 0.4) is 0 Å². The maximum absolute atomic E-state index is 13.6. The Morgan fingerprint density at radius 2 is 1.76 bits per heavy atom. The lowest BCUT2D eigenvalue weighted by atomic mass is 10.3. The molecule has 3 nitrogen and oxygen atoms in total. The van der Waals surface area contributed by atoms with Crippen molar-refractivity contribution in [3.63, 3.8) is 0 Å². The van der Waals surface area contributed by atoms with Gasteiger partial charge in [0.2, 0.25) is 0 Å². The third-order valence-electron chi connectivity index (χ3n) is 2.61. The van der Waals surface area contributed by atoms with Crippen LogP contribution in [0.15, 0.2) is 46.2 Å². The number of anilines is 1. The summed E-state index contributed by atoms with van der Waals surface area (Å²) in [5.74, 6) is -5.02. The standard InChI is InChI=1S/C13H10F3NO2S2/c1-20-9-4-2-3-8(7-9)17-21(18,19)11-6-5-10(14)12(15)13(11)16/h2-7,17H,1H3. The van der Waals surface area contributed by atoms with Gasteiger partial charge in [0.1, 0.15) is 4.90 Å². The molecule has 0 heterocycles. The van der Waals surface area contributed by atoms with Crippen molar-refractivity contribution in [1.82, 2.24) is 0 Å². The topological polar surface area (TPSA) is 46.2 Å². The van der Waals surface area contributed by atoms with Crippen LogP contribution in [0.25, 0.3) is 0 Å². The second kappa shape index (κ2) is 5.98. The van der Waals surface area contributed by atoms with E-state index in [1.807, 2.05) is 6.26 Å². The Morgan fingerprint density at radius 3 is 2.43 bits per heavy atom. The predicted octanol–water partition coefficient (Wildman–Crippen LogP) is 3.63. The van der Waals surface area contributed by atoms with Crippen LogP contribution in [-0.4, -0.2) is 14.7 Å². The summed E-state index contributed by atoms with van der Waals surface area (Å²) < 4.78 is 65.7. The van der Waals surface area contributed by atoms with E-state index >= 15 is 0 Å². The first-order chi connectivity index (χ1) is 9.85. The number of nitrogens with one attached hydrogen (secondary N) is 1. The van der Waals surface area contributed by atoms with Gasteiger partial charge in [-0.2, -0.15) is 0 Å². The monoisotopic (exact) mass is 333 g/mol. The van der Waals surface area contributed by atoms with Gasteiger partial charge in [-0.1, -0.05) is 6.07 Å². The van der Waals surface area contributed by atoms with Gasteiger partial charge in [-0.15, -0.1) is 11.8 Å². The summed E-state index contributed by atoms with van der Waals surface area (Å²) in [5, 5.41) is 0. The second-order valence-corrected chi connectivity index (χ2v) is 6.54. The Kier molecular flexibility index (Phi) is 4.48. The van der Waals surface area contributed by atoms with Gasteiger partial charge in [0.05, 0.1) is 0 Å². The first kappa shape index (κ1) is 15.7. The highest BCUT2D eigenvalue weighted by Crippen LogP contribution is 2.24. The molecule has 0 atom stereocenters. The molecule has 8 heteroatoms. The van der Waals surface area contributed by atoms with Gasteiger partial charge in [-0.25, -0.2) is 21.6 Å². The van der Waals surface area contributed by atoms with Crippen LogP contribution in [0.1, 0.15) is 0 Å². The smallest absolute Gasteiger partial charge is 0.264 e. The molecule has 21 heavy (non-hydrogen) atoms. The van der Waals surface area contributed by atoms with Crippen molar-refractivity contribution >= 4 is 27.5 Å². The Morgan fingerprint density at radius 1 is 1.05 bits per heavy atom. The highest BCUT2D eigenvalue weighted by molar-refractivity contribution is 7.98. The van der Waals surface area contributed by atoms with Crippen LogP contribution < -0.4 is 4.72 Å². The SMILES string of the molecule is CSc1cccc(NS(=O)(=O)c2ccc(F)c(F)c2F)c1. The zero-order valence-corrected chi connectivity index (χ0v) is 12.4. The fourth-order valence-electron chi connectivity index (χ4n) is 1.61. The Hall–Kier alpha value is -1.67. The molecule has 0 aliphatic carbocycles. The van der Waals surface area contributed by atoms with Gasteiger partial charge >= 0.3 is 0 Å². The third-order valence-corrected chi connectivity index (χ3v) is 4.74. The lowest BCUT2D eigenvalue weighted by Crippen LogP contribution is -2.15. The largest absolute Gasteiger partial charge is 0.280 e. The maximum atomic E-state index is 13.6. The van der Waals surface area contributed by atoms with Crippen molar-refractivity contribution in [2.75, 3.05) is 11.0 Å². The van der Waals surface area contributed by atoms with Crippen LogP contribution in [0.5, 0.6) is 0 Å². The number of sulfonamides is 1. The summed E-state index contributed by atoms with van der Waals surface area (Å²) in [6.07, 6.45) is 1.81. The molecule has 2 aromatic carbocycles. The summed E-state index contributed by atoms with van der Waals surface area (Å²) in [6.45, 7) is 0. The molecule has 0 aromatic heterocycles. The van der Waals surface area contributed by atoms with Crippen molar-refractivity contribution in [2.45, 2.75) is 9.79 Å². The van der Waals surface area contributed by atoms with Crippen LogP contribution in [0.4, 0.5) is 18.9 Å². The first-order valence-corrected chi connectivity index (χ1v) is 8.36. The number of hydrogen-bond donors (Lipinski definition) is 1.